The Bertz CT molecular complexity index is 1020. The average molecular weight is 454 g/mol. The fourth-order valence-corrected chi connectivity index (χ4v) is 3.53. The molecule has 132 valence electrons. The fraction of sp³-hybridized carbons (Fsp3) is 0.174. The summed E-state index contributed by atoms with van der Waals surface area (Å²) in [5, 5.41) is 1.29. The molecule has 0 N–H and O–H groups in total. The Hall–Kier alpha value is -2.14. The number of hydrogen-bond donors (Lipinski definition) is 0. The molecular weight excluding hydrogens is 431 g/mol. The molecule has 0 aliphatic carbocycles. The van der Waals surface area contributed by atoms with Gasteiger partial charge >= 0.3 is 0 Å². The van der Waals surface area contributed by atoms with E-state index in [0.29, 0.717) is 0 Å². The van der Waals surface area contributed by atoms with Crippen molar-refractivity contribution >= 4 is 28.7 Å². The second-order valence-corrected chi connectivity index (χ2v) is 6.60. The molecule has 1 aromatic heterocycles. The number of halogens is 1. The number of rotatable bonds is 2. The first-order valence-electron chi connectivity index (χ1n) is 8.82. The maximum Gasteiger partial charge on any atom is 0.213 e. The van der Waals surface area contributed by atoms with Gasteiger partial charge in [-0.25, -0.2) is 0 Å². The zero-order valence-electron chi connectivity index (χ0n) is 15.4. The molecule has 0 amide bonds. The predicted molar refractivity (Wildman–Crippen MR) is 106 cm³/mol. The molecule has 2 heterocycles. The number of benzene rings is 2. The van der Waals surface area contributed by atoms with Crippen molar-refractivity contribution < 1.29 is 28.5 Å². The molecule has 0 spiro atoms. The second-order valence-electron chi connectivity index (χ2n) is 6.60. The predicted octanol–water partition coefficient (Wildman–Crippen LogP) is 1.96. The van der Waals surface area contributed by atoms with Crippen molar-refractivity contribution in [2.75, 3.05) is 11.9 Å². The maximum absolute atomic E-state index is 2.29. The van der Waals surface area contributed by atoms with E-state index in [2.05, 4.69) is 103 Å². The molecule has 1 aliphatic rings. The number of aryl methyl sites for hydroxylation is 2. The fourth-order valence-electron chi connectivity index (χ4n) is 3.53. The van der Waals surface area contributed by atoms with Gasteiger partial charge in [-0.1, -0.05) is 30.3 Å². The number of para-hydroxylation sites is 1. The van der Waals surface area contributed by atoms with Crippen LogP contribution in [0.3, 0.4) is 0 Å². The average Bonchev–Trinajstić information content (AvgIpc) is 2.64. The van der Waals surface area contributed by atoms with Crippen LogP contribution in [0.1, 0.15) is 23.6 Å². The minimum atomic E-state index is 0. The molecule has 1 aliphatic heterocycles. The summed E-state index contributed by atoms with van der Waals surface area (Å²) in [7, 11) is 2.14. The van der Waals surface area contributed by atoms with Gasteiger partial charge in [0, 0.05) is 30.6 Å². The number of pyridine rings is 1. The molecule has 2 aromatic carbocycles. The maximum atomic E-state index is 2.29. The van der Waals surface area contributed by atoms with E-state index in [0.717, 1.165) is 6.54 Å². The molecule has 4 rings (SSSR count). The van der Waals surface area contributed by atoms with Gasteiger partial charge in [0.2, 0.25) is 5.52 Å². The van der Waals surface area contributed by atoms with Crippen LogP contribution >= 0.6 is 0 Å². The van der Waals surface area contributed by atoms with Gasteiger partial charge in [-0.15, -0.1) is 0 Å². The topological polar surface area (TPSA) is 7.12 Å². The van der Waals surface area contributed by atoms with Crippen LogP contribution in [-0.4, -0.2) is 7.05 Å². The number of likely N-dealkylation sites (N-methyl/N-ethyl adjacent to an activating group) is 1. The molecule has 0 fully saturated rings. The van der Waals surface area contributed by atoms with Gasteiger partial charge in [0.25, 0.3) is 0 Å². The van der Waals surface area contributed by atoms with Crippen LogP contribution in [0.15, 0.2) is 66.5 Å². The minimum Gasteiger partial charge on any atom is -1.00 e. The Labute approximate surface area is 172 Å². The Morgan fingerprint density at radius 2 is 1.85 bits per heavy atom. The molecule has 3 aromatic rings. The van der Waals surface area contributed by atoms with Crippen LogP contribution in [-0.2, 0) is 6.54 Å². The first-order valence-corrected chi connectivity index (χ1v) is 8.82. The van der Waals surface area contributed by atoms with Crippen LogP contribution in [0.2, 0.25) is 0 Å². The molecule has 0 atom stereocenters. The van der Waals surface area contributed by atoms with Crippen molar-refractivity contribution in [2.45, 2.75) is 20.4 Å². The third-order valence-electron chi connectivity index (χ3n) is 4.97. The van der Waals surface area contributed by atoms with Crippen LogP contribution in [0, 0.1) is 6.92 Å². The Morgan fingerprint density at radius 3 is 2.65 bits per heavy atom. The van der Waals surface area contributed by atoms with Crippen LogP contribution in [0.25, 0.3) is 23.1 Å². The molecule has 26 heavy (non-hydrogen) atoms. The van der Waals surface area contributed by atoms with Crippen LogP contribution < -0.4 is 33.4 Å². The minimum absolute atomic E-state index is 0. The third kappa shape index (κ3) is 3.28. The molecule has 3 heteroatoms. The van der Waals surface area contributed by atoms with Gasteiger partial charge in [0.05, 0.1) is 5.39 Å². The van der Waals surface area contributed by atoms with E-state index in [1.807, 2.05) is 0 Å². The summed E-state index contributed by atoms with van der Waals surface area (Å²) in [6, 6.07) is 17.4. The van der Waals surface area contributed by atoms with Gasteiger partial charge in [-0.2, -0.15) is 4.57 Å². The molecule has 0 unspecified atom stereocenters. The highest BCUT2D eigenvalue weighted by Gasteiger charge is 2.15. The lowest BCUT2D eigenvalue weighted by Gasteiger charge is -2.27. The van der Waals surface area contributed by atoms with Crippen molar-refractivity contribution in [1.29, 1.82) is 0 Å². The van der Waals surface area contributed by atoms with Crippen molar-refractivity contribution in [3.63, 3.8) is 0 Å². The molecule has 0 bridgehead atoms. The summed E-state index contributed by atoms with van der Waals surface area (Å²) < 4.78 is 2.29. The molecule has 0 saturated carbocycles. The highest BCUT2D eigenvalue weighted by atomic mass is 127. The number of hydrogen-bond acceptors (Lipinski definition) is 1. The van der Waals surface area contributed by atoms with Gasteiger partial charge in [0.15, 0.2) is 6.20 Å². The quantitative estimate of drug-likeness (QED) is 0.425. The number of aromatic nitrogens is 1. The van der Waals surface area contributed by atoms with Crippen molar-refractivity contribution in [3.8, 4) is 0 Å². The van der Waals surface area contributed by atoms with Crippen molar-refractivity contribution in [1.82, 2.24) is 0 Å². The standard InChI is InChI=1S/C23H23N2.HI/c1-4-25-14-13-19(21-7-5-6-8-22(21)25)16-20-12-11-18-10-9-17(2)15-23(18)24(20)3;/h5-16H,4H2,1-3H3;1H/q+1;/p-1. The van der Waals surface area contributed by atoms with E-state index in [9.17, 15) is 0 Å². The van der Waals surface area contributed by atoms with E-state index >= 15 is 0 Å². The number of anilines is 1. The second kappa shape index (κ2) is 7.62. The van der Waals surface area contributed by atoms with Gasteiger partial charge < -0.3 is 28.9 Å². The van der Waals surface area contributed by atoms with Crippen molar-refractivity contribution in [2.24, 2.45) is 0 Å². The molecule has 0 saturated heterocycles. The van der Waals surface area contributed by atoms with E-state index < -0.39 is 0 Å². The highest BCUT2D eigenvalue weighted by molar-refractivity contribution is 5.88. The zero-order chi connectivity index (χ0) is 17.4. The first-order chi connectivity index (χ1) is 12.2. The summed E-state index contributed by atoms with van der Waals surface area (Å²) in [5.74, 6) is 0. The Morgan fingerprint density at radius 1 is 1.04 bits per heavy atom. The number of nitrogens with zero attached hydrogens (tertiary/aromatic N) is 2. The lowest BCUT2D eigenvalue weighted by atomic mass is 10.0. The molecule has 2 nitrogen and oxygen atoms in total. The monoisotopic (exact) mass is 454 g/mol. The Balaban J connectivity index is 0.00000196. The number of fused-ring (bicyclic) bond motifs is 2. The summed E-state index contributed by atoms with van der Waals surface area (Å²) in [4.78, 5) is 2.28. The SMILES string of the molecule is CC[n+]1ccc(C=C2C=Cc3ccc(C)cc3N2C)c2ccccc21.[I-]. The van der Waals surface area contributed by atoms with Gasteiger partial charge in [0.1, 0.15) is 6.54 Å². The normalized spacial score (nSPS) is 14.4. The van der Waals surface area contributed by atoms with Crippen LogP contribution in [0.4, 0.5) is 5.69 Å². The van der Waals surface area contributed by atoms with E-state index in [4.69, 9.17) is 0 Å². The Kier molecular flexibility index (Phi) is 5.47. The summed E-state index contributed by atoms with van der Waals surface area (Å²) in [6.45, 7) is 5.30. The zero-order valence-corrected chi connectivity index (χ0v) is 17.6. The summed E-state index contributed by atoms with van der Waals surface area (Å²) in [6.07, 6.45) is 8.87. The molecular formula is C23H23IN2. The first kappa shape index (κ1) is 18.6. The van der Waals surface area contributed by atoms with E-state index in [1.165, 1.54) is 39.0 Å². The third-order valence-corrected chi connectivity index (χ3v) is 4.97. The lowest BCUT2D eigenvalue weighted by molar-refractivity contribution is -0.667. The smallest absolute Gasteiger partial charge is 0.213 e. The lowest BCUT2D eigenvalue weighted by Crippen LogP contribution is -3.00. The number of allylic oxidation sites excluding steroid dienone is 1. The van der Waals surface area contributed by atoms with Gasteiger partial charge in [-0.05, 0) is 54.8 Å². The highest BCUT2D eigenvalue weighted by Crippen LogP contribution is 2.32. The summed E-state index contributed by atoms with van der Waals surface area (Å²) >= 11 is 0. The van der Waals surface area contributed by atoms with Crippen molar-refractivity contribution in [3.05, 3.63) is 83.2 Å². The largest absolute Gasteiger partial charge is 1.00 e. The molecule has 0 radical (unpaired) electrons. The van der Waals surface area contributed by atoms with Crippen LogP contribution in [0.5, 0.6) is 0 Å². The summed E-state index contributed by atoms with van der Waals surface area (Å²) in [5.41, 5.74) is 7.55. The van der Waals surface area contributed by atoms with E-state index in [1.54, 1.807) is 0 Å². The van der Waals surface area contributed by atoms with Gasteiger partial charge in [-0.3, -0.25) is 0 Å². The van der Waals surface area contributed by atoms with E-state index in [-0.39, 0.29) is 24.0 Å².